The van der Waals surface area contributed by atoms with Crippen molar-refractivity contribution in [2.24, 2.45) is 0 Å². The Balaban J connectivity index is 2.22. The summed E-state index contributed by atoms with van der Waals surface area (Å²) in [6, 6.07) is 6.35. The molecule has 0 radical (unpaired) electrons. The molecule has 0 saturated carbocycles. The van der Waals surface area contributed by atoms with Gasteiger partial charge in [0.25, 0.3) is 0 Å². The first-order valence-corrected chi connectivity index (χ1v) is 11.6. The second-order valence-corrected chi connectivity index (χ2v) is 14.2. The zero-order chi connectivity index (χ0) is 18.1. The van der Waals surface area contributed by atoms with Gasteiger partial charge in [-0.1, -0.05) is 53.7 Å². The van der Waals surface area contributed by atoms with Crippen molar-refractivity contribution in [3.05, 3.63) is 29.3 Å². The van der Waals surface area contributed by atoms with Gasteiger partial charge in [-0.05, 0) is 42.1 Å². The van der Waals surface area contributed by atoms with E-state index in [9.17, 15) is 0 Å². The highest BCUT2D eigenvalue weighted by atomic mass is 28.3. The molecule has 24 heavy (non-hydrogen) atoms. The lowest BCUT2D eigenvalue weighted by Crippen LogP contribution is -2.43. The molecule has 132 valence electrons. The van der Waals surface area contributed by atoms with Crippen molar-refractivity contribution in [1.82, 2.24) is 0 Å². The van der Waals surface area contributed by atoms with Crippen LogP contribution in [0.5, 0.6) is 5.75 Å². The van der Waals surface area contributed by atoms with Crippen LogP contribution in [0.25, 0.3) is 0 Å². The van der Waals surface area contributed by atoms with E-state index in [1.165, 1.54) is 11.1 Å². The number of hydrogen-bond donors (Lipinski definition) is 0. The van der Waals surface area contributed by atoms with Gasteiger partial charge < -0.3 is 4.74 Å². The first-order valence-electron chi connectivity index (χ1n) is 9.40. The predicted octanol–water partition coefficient (Wildman–Crippen LogP) is 6.30. The Morgan fingerprint density at radius 1 is 1.08 bits per heavy atom. The number of aryl methyl sites for hydroxylation is 1. The van der Waals surface area contributed by atoms with Crippen LogP contribution >= 0.6 is 0 Å². The largest absolute Gasteiger partial charge is 0.486 e. The summed E-state index contributed by atoms with van der Waals surface area (Å²) in [4.78, 5) is 0. The molecule has 0 aromatic heterocycles. The van der Waals surface area contributed by atoms with Crippen LogP contribution in [-0.4, -0.2) is 13.7 Å². The Labute approximate surface area is 150 Å². The summed E-state index contributed by atoms with van der Waals surface area (Å²) < 4.78 is 6.28. The highest BCUT2D eigenvalue weighted by molar-refractivity contribution is 6.90. The second-order valence-electron chi connectivity index (χ2n) is 8.66. The maximum Gasteiger partial charge on any atom is 0.145 e. The van der Waals surface area contributed by atoms with Crippen molar-refractivity contribution in [2.75, 3.05) is 0 Å². The molecule has 1 atom stereocenters. The van der Waals surface area contributed by atoms with Crippen LogP contribution in [0.1, 0.15) is 66.0 Å². The molecule has 0 aliphatic carbocycles. The third-order valence-electron chi connectivity index (χ3n) is 5.91. The van der Waals surface area contributed by atoms with Crippen molar-refractivity contribution in [2.45, 2.75) is 90.5 Å². The summed E-state index contributed by atoms with van der Waals surface area (Å²) in [5, 5.41) is 0. The minimum atomic E-state index is -1.64. The number of hydrogen-bond acceptors (Lipinski definition) is 1. The molecule has 0 amide bonds. The molecule has 0 saturated heterocycles. The van der Waals surface area contributed by atoms with Gasteiger partial charge in [0, 0.05) is 18.4 Å². The first-order chi connectivity index (χ1) is 11.1. The van der Waals surface area contributed by atoms with Crippen molar-refractivity contribution in [3.63, 3.8) is 0 Å². The molecule has 1 aromatic carbocycles. The Kier molecular flexibility index (Phi) is 5.55. The van der Waals surface area contributed by atoms with E-state index in [1.54, 1.807) is 0 Å². The average molecular weight is 343 g/mol. The molecule has 0 fully saturated rings. The van der Waals surface area contributed by atoms with Gasteiger partial charge in [-0.3, -0.25) is 0 Å². The van der Waals surface area contributed by atoms with Crippen LogP contribution in [0.15, 0.2) is 18.2 Å². The highest BCUT2D eigenvalue weighted by Gasteiger charge is 2.42. The van der Waals surface area contributed by atoms with E-state index in [0.717, 1.165) is 18.6 Å². The Hall–Kier alpha value is -1.20. The monoisotopic (exact) mass is 342 g/mol. The molecular formula is C22H34OSi. The lowest BCUT2D eigenvalue weighted by molar-refractivity contribution is 0.122. The number of fused-ring (bicyclic) bond motifs is 1. The van der Waals surface area contributed by atoms with Gasteiger partial charge in [0.2, 0.25) is 0 Å². The zero-order valence-electron chi connectivity index (χ0n) is 16.8. The lowest BCUT2D eigenvalue weighted by Gasteiger charge is -2.38. The van der Waals surface area contributed by atoms with E-state index in [4.69, 9.17) is 4.74 Å². The molecule has 1 nitrogen and oxygen atoms in total. The molecular weight excluding hydrogens is 308 g/mol. The Morgan fingerprint density at radius 3 is 2.17 bits per heavy atom. The van der Waals surface area contributed by atoms with Crippen molar-refractivity contribution in [1.29, 1.82) is 0 Å². The molecule has 0 spiro atoms. The standard InChI is InChI=1S/C22H34OSi/c1-16(2)24(17(3)4,18(5)6)14-10-13-22(8)15-20-19(7)11-9-12-21(20)23-22/h9,11-12,16-18H,13,15H2,1-8H3. The topological polar surface area (TPSA) is 9.23 Å². The van der Waals surface area contributed by atoms with Crippen LogP contribution in [-0.2, 0) is 6.42 Å². The van der Waals surface area contributed by atoms with E-state index in [1.807, 2.05) is 0 Å². The fourth-order valence-corrected chi connectivity index (χ4v) is 9.85. The van der Waals surface area contributed by atoms with Gasteiger partial charge in [0.1, 0.15) is 19.4 Å². The quantitative estimate of drug-likeness (QED) is 0.461. The summed E-state index contributed by atoms with van der Waals surface area (Å²) in [6.45, 7) is 18.6. The van der Waals surface area contributed by atoms with E-state index < -0.39 is 8.07 Å². The second kappa shape index (κ2) is 6.96. The van der Waals surface area contributed by atoms with Gasteiger partial charge in [0.15, 0.2) is 0 Å². The maximum atomic E-state index is 6.28. The van der Waals surface area contributed by atoms with E-state index in [2.05, 4.69) is 85.1 Å². The van der Waals surface area contributed by atoms with Gasteiger partial charge in [-0.25, -0.2) is 0 Å². The van der Waals surface area contributed by atoms with Gasteiger partial charge in [-0.15, -0.1) is 11.5 Å². The van der Waals surface area contributed by atoms with Gasteiger partial charge in [-0.2, -0.15) is 0 Å². The molecule has 2 rings (SSSR count). The lowest BCUT2D eigenvalue weighted by atomic mass is 9.94. The van der Waals surface area contributed by atoms with E-state index in [-0.39, 0.29) is 5.60 Å². The van der Waals surface area contributed by atoms with Crippen LogP contribution in [0, 0.1) is 18.4 Å². The summed E-state index contributed by atoms with van der Waals surface area (Å²) in [5.74, 6) is 4.65. The number of benzene rings is 1. The summed E-state index contributed by atoms with van der Waals surface area (Å²) in [6.07, 6.45) is 1.80. The SMILES string of the molecule is Cc1cccc2c1CC(C)(CC#C[Si](C(C)C)(C(C)C)C(C)C)O2. The Morgan fingerprint density at radius 2 is 1.67 bits per heavy atom. The third kappa shape index (κ3) is 3.42. The molecule has 0 bridgehead atoms. The van der Waals surface area contributed by atoms with Crippen molar-refractivity contribution < 1.29 is 4.74 Å². The maximum absolute atomic E-state index is 6.28. The van der Waals surface area contributed by atoms with E-state index in [0.29, 0.717) is 16.6 Å². The third-order valence-corrected chi connectivity index (χ3v) is 12.2. The summed E-state index contributed by atoms with van der Waals surface area (Å²) >= 11 is 0. The zero-order valence-corrected chi connectivity index (χ0v) is 17.8. The fourth-order valence-electron chi connectivity index (χ4n) is 4.59. The molecule has 0 N–H and O–H groups in total. The molecule has 1 heterocycles. The normalized spacial score (nSPS) is 20.1. The number of ether oxygens (including phenoxy) is 1. The molecule has 1 unspecified atom stereocenters. The predicted molar refractivity (Wildman–Crippen MR) is 107 cm³/mol. The molecule has 1 aliphatic heterocycles. The minimum absolute atomic E-state index is 0.174. The fraction of sp³-hybridized carbons (Fsp3) is 0.636. The minimum Gasteiger partial charge on any atom is -0.486 e. The average Bonchev–Trinajstić information content (AvgIpc) is 2.80. The number of rotatable bonds is 4. The van der Waals surface area contributed by atoms with Crippen LogP contribution in [0.2, 0.25) is 16.6 Å². The summed E-state index contributed by atoms with van der Waals surface area (Å²) in [7, 11) is -1.64. The first kappa shape index (κ1) is 19.1. The Bertz CT molecular complexity index is 626. The van der Waals surface area contributed by atoms with Crippen LogP contribution in [0.4, 0.5) is 0 Å². The molecule has 2 heteroatoms. The van der Waals surface area contributed by atoms with Crippen molar-refractivity contribution in [3.8, 4) is 17.2 Å². The van der Waals surface area contributed by atoms with Gasteiger partial charge >= 0.3 is 0 Å². The highest BCUT2D eigenvalue weighted by Crippen LogP contribution is 2.41. The van der Waals surface area contributed by atoms with Crippen molar-refractivity contribution >= 4 is 8.07 Å². The van der Waals surface area contributed by atoms with E-state index >= 15 is 0 Å². The smallest absolute Gasteiger partial charge is 0.145 e. The van der Waals surface area contributed by atoms with Crippen LogP contribution < -0.4 is 4.74 Å². The van der Waals surface area contributed by atoms with Gasteiger partial charge in [0.05, 0.1) is 0 Å². The summed E-state index contributed by atoms with van der Waals surface area (Å²) in [5.41, 5.74) is 8.40. The molecule has 1 aromatic rings. The van der Waals surface area contributed by atoms with Crippen LogP contribution in [0.3, 0.4) is 0 Å². The molecule has 1 aliphatic rings.